The second-order valence-corrected chi connectivity index (χ2v) is 5.76. The van der Waals surface area contributed by atoms with Crippen LogP contribution in [0.2, 0.25) is 0 Å². The lowest BCUT2D eigenvalue weighted by molar-refractivity contribution is -0.361. The van der Waals surface area contributed by atoms with E-state index in [1.807, 2.05) is 0 Å². The summed E-state index contributed by atoms with van der Waals surface area (Å²) < 4.78 is 115. The first-order valence-electron chi connectivity index (χ1n) is 5.54. The van der Waals surface area contributed by atoms with E-state index in [0.717, 1.165) is 6.92 Å². The van der Waals surface area contributed by atoms with Gasteiger partial charge >= 0.3 is 29.9 Å². The number of hydrogen-bond donors (Lipinski definition) is 0. The lowest BCUT2D eigenvalue weighted by Crippen LogP contribution is -2.63. The topological polar surface area (TPSA) is 110 Å². The molecular weight excluding hydrogens is 378 g/mol. The van der Waals surface area contributed by atoms with Crippen molar-refractivity contribution in [2.75, 3.05) is 12.4 Å². The molecule has 0 saturated heterocycles. The summed E-state index contributed by atoms with van der Waals surface area (Å²) in [5.41, 5.74) is -5.93. The van der Waals surface area contributed by atoms with Crippen molar-refractivity contribution < 1.29 is 58.4 Å². The third kappa shape index (κ3) is 5.67. The van der Waals surface area contributed by atoms with E-state index in [1.54, 1.807) is 0 Å². The number of halogens is 6. The smallest absolute Gasteiger partial charge is 0.438 e. The molecule has 14 heteroatoms. The molecule has 0 aromatic rings. The minimum atomic E-state index is -6.49. The fraction of sp³-hybridized carbons (Fsp3) is 0.600. The molecule has 7 nitrogen and oxygen atoms in total. The Morgan fingerprint density at radius 3 is 1.79 bits per heavy atom. The Morgan fingerprint density at radius 1 is 1.08 bits per heavy atom. The first-order valence-corrected chi connectivity index (χ1v) is 7.12. The summed E-state index contributed by atoms with van der Waals surface area (Å²) in [5, 5.41) is 0. The van der Waals surface area contributed by atoms with Gasteiger partial charge in [0.05, 0.1) is 15.9 Å². The van der Waals surface area contributed by atoms with Crippen molar-refractivity contribution in [1.82, 2.24) is 0 Å². The number of rotatable bonds is 6. The third-order valence-electron chi connectivity index (χ3n) is 2.25. The maximum Gasteiger partial charge on any atom is 0.438 e. The van der Waals surface area contributed by atoms with E-state index < -0.39 is 52.4 Å². The molecule has 0 radical (unpaired) electrons. The molecule has 0 amide bonds. The molecular formula is C10H9F6O7S-. The minimum absolute atomic E-state index is 0.331. The van der Waals surface area contributed by atoms with Crippen LogP contribution in [0.5, 0.6) is 0 Å². The monoisotopic (exact) mass is 387 g/mol. The quantitative estimate of drug-likeness (QED) is 0.290. The average molecular weight is 387 g/mol. The van der Waals surface area contributed by atoms with Crippen LogP contribution in [0.1, 0.15) is 6.92 Å². The Hall–Kier alpha value is -1.83. The van der Waals surface area contributed by atoms with Crippen LogP contribution in [0.15, 0.2) is 12.2 Å². The normalized spacial score (nSPS) is 13.3. The SMILES string of the molecule is C=C(C)C(=O)OCC(=O)OC(CS(=O)(=O)[O-])(C(F)(F)F)C(F)(F)F. The fourth-order valence-corrected chi connectivity index (χ4v) is 2.07. The van der Waals surface area contributed by atoms with E-state index in [1.165, 1.54) is 0 Å². The zero-order chi connectivity index (χ0) is 19.6. The van der Waals surface area contributed by atoms with Crippen molar-refractivity contribution >= 4 is 22.1 Å². The second kappa shape index (κ2) is 6.96. The van der Waals surface area contributed by atoms with Gasteiger partial charge in [0.25, 0.3) is 0 Å². The third-order valence-corrected chi connectivity index (χ3v) is 3.01. The lowest BCUT2D eigenvalue weighted by Gasteiger charge is -2.36. The van der Waals surface area contributed by atoms with Gasteiger partial charge in [0, 0.05) is 5.57 Å². The Bertz CT molecular complexity index is 605. The summed E-state index contributed by atoms with van der Waals surface area (Å²) in [6.45, 7) is 2.39. The average Bonchev–Trinajstić information content (AvgIpc) is 2.30. The van der Waals surface area contributed by atoms with Gasteiger partial charge in [0.1, 0.15) is 0 Å². The summed E-state index contributed by atoms with van der Waals surface area (Å²) in [6.07, 6.45) is -13.0. The van der Waals surface area contributed by atoms with Gasteiger partial charge in [-0.1, -0.05) is 6.58 Å². The minimum Gasteiger partial charge on any atom is -0.748 e. The highest BCUT2D eigenvalue weighted by Gasteiger charge is 2.75. The zero-order valence-electron chi connectivity index (χ0n) is 11.7. The summed E-state index contributed by atoms with van der Waals surface area (Å²) in [4.78, 5) is 22.1. The predicted octanol–water partition coefficient (Wildman–Crippen LogP) is 1.06. The van der Waals surface area contributed by atoms with Crippen molar-refractivity contribution in [1.29, 1.82) is 0 Å². The van der Waals surface area contributed by atoms with E-state index in [9.17, 15) is 48.9 Å². The Balaban J connectivity index is 5.68. The zero-order valence-corrected chi connectivity index (χ0v) is 12.5. The van der Waals surface area contributed by atoms with E-state index >= 15 is 0 Å². The van der Waals surface area contributed by atoms with E-state index in [0.29, 0.717) is 0 Å². The number of carbonyl (C=O) groups excluding carboxylic acids is 2. The number of hydrogen-bond acceptors (Lipinski definition) is 7. The van der Waals surface area contributed by atoms with E-state index in [4.69, 9.17) is 0 Å². The maximum atomic E-state index is 12.8. The van der Waals surface area contributed by atoms with E-state index in [2.05, 4.69) is 16.1 Å². The van der Waals surface area contributed by atoms with Gasteiger partial charge in [-0.25, -0.2) is 18.0 Å². The molecule has 24 heavy (non-hydrogen) atoms. The molecule has 140 valence electrons. The lowest BCUT2D eigenvalue weighted by atomic mass is 10.1. The molecule has 0 saturated carbocycles. The van der Waals surface area contributed by atoms with Gasteiger partial charge in [-0.2, -0.15) is 26.3 Å². The maximum absolute atomic E-state index is 12.8. The molecule has 0 fully saturated rings. The van der Waals surface area contributed by atoms with Gasteiger partial charge in [0.15, 0.2) is 6.61 Å². The molecule has 0 unspecified atom stereocenters. The molecule has 0 aliphatic rings. The van der Waals surface area contributed by atoms with Crippen molar-refractivity contribution in [3.8, 4) is 0 Å². The molecule has 0 aliphatic carbocycles. The first-order chi connectivity index (χ1) is 10.4. The van der Waals surface area contributed by atoms with Gasteiger partial charge in [-0.3, -0.25) is 0 Å². The molecule has 0 aromatic carbocycles. The Morgan fingerprint density at radius 2 is 1.50 bits per heavy atom. The van der Waals surface area contributed by atoms with Crippen LogP contribution in [-0.2, 0) is 29.2 Å². The van der Waals surface area contributed by atoms with Gasteiger partial charge in [-0.05, 0) is 6.92 Å². The van der Waals surface area contributed by atoms with Crippen molar-refractivity contribution in [3.63, 3.8) is 0 Å². The summed E-state index contributed by atoms with van der Waals surface area (Å²) in [7, 11) is -6.13. The molecule has 0 N–H and O–H groups in total. The van der Waals surface area contributed by atoms with Crippen LogP contribution in [0.3, 0.4) is 0 Å². The predicted molar refractivity (Wildman–Crippen MR) is 61.3 cm³/mol. The molecule has 0 aliphatic heterocycles. The van der Waals surface area contributed by atoms with Crippen LogP contribution in [0.4, 0.5) is 26.3 Å². The Kier molecular flexibility index (Phi) is 6.43. The van der Waals surface area contributed by atoms with Crippen LogP contribution in [0.25, 0.3) is 0 Å². The van der Waals surface area contributed by atoms with Crippen molar-refractivity contribution in [3.05, 3.63) is 12.2 Å². The van der Waals surface area contributed by atoms with Crippen molar-refractivity contribution in [2.45, 2.75) is 24.9 Å². The number of carbonyl (C=O) groups is 2. The molecule has 0 atom stereocenters. The van der Waals surface area contributed by atoms with Crippen molar-refractivity contribution in [2.24, 2.45) is 0 Å². The van der Waals surface area contributed by atoms with E-state index in [-0.39, 0.29) is 5.57 Å². The number of alkyl halides is 6. The largest absolute Gasteiger partial charge is 0.748 e. The summed E-state index contributed by atoms with van der Waals surface area (Å²) in [6, 6.07) is 0. The van der Waals surface area contributed by atoms with Crippen LogP contribution in [-0.4, -0.2) is 55.2 Å². The van der Waals surface area contributed by atoms with Crippen LogP contribution in [0, 0.1) is 0 Å². The molecule has 0 spiro atoms. The van der Waals surface area contributed by atoms with Gasteiger partial charge in [0.2, 0.25) is 0 Å². The second-order valence-electron chi connectivity index (χ2n) is 4.36. The van der Waals surface area contributed by atoms with Crippen LogP contribution >= 0.6 is 0 Å². The molecule has 0 aromatic heterocycles. The highest BCUT2D eigenvalue weighted by Crippen LogP contribution is 2.46. The summed E-state index contributed by atoms with van der Waals surface area (Å²) in [5.74, 6) is -6.83. The highest BCUT2D eigenvalue weighted by atomic mass is 32.2. The van der Waals surface area contributed by atoms with Crippen LogP contribution < -0.4 is 0 Å². The number of esters is 2. The summed E-state index contributed by atoms with van der Waals surface area (Å²) >= 11 is 0. The number of ether oxygens (including phenoxy) is 2. The fourth-order valence-electron chi connectivity index (χ4n) is 1.19. The Labute approximate surface area is 131 Å². The van der Waals surface area contributed by atoms with Gasteiger partial charge in [-0.15, -0.1) is 0 Å². The molecule has 0 bridgehead atoms. The molecule has 0 rings (SSSR count). The highest BCUT2D eigenvalue weighted by molar-refractivity contribution is 7.85. The van der Waals surface area contributed by atoms with Gasteiger partial charge < -0.3 is 14.0 Å². The molecule has 0 heterocycles. The standard InChI is InChI=1S/C10H10F6O7S/c1-5(2)7(18)22-3-6(17)23-8(9(11,12)13,10(14,15)16)4-24(19,20)21/h1,3-4H2,2H3,(H,19,20,21)/p-1. The first kappa shape index (κ1) is 22.2.